The highest BCUT2D eigenvalue weighted by molar-refractivity contribution is 5.94. The molecule has 0 spiro atoms. The van der Waals surface area contributed by atoms with Crippen molar-refractivity contribution in [2.75, 3.05) is 6.54 Å². The molecule has 1 aliphatic rings. The van der Waals surface area contributed by atoms with Crippen LogP contribution in [0, 0.1) is 11.3 Å². The van der Waals surface area contributed by atoms with Crippen molar-refractivity contribution in [3.8, 4) is 6.07 Å². The fourth-order valence-corrected chi connectivity index (χ4v) is 3.01. The third-order valence-electron chi connectivity index (χ3n) is 4.27. The standard InChI is InChI=1S/C18H20N4O2/c1-2-5-16-20-17(24-21-16)15-6-3-4-11-22(15)18(23)14-9-7-13(12-19)8-10-14/h7-10,15H,2-6,11H2,1H3/t15-/m0/s1. The lowest BCUT2D eigenvalue weighted by atomic mass is 10.0. The minimum Gasteiger partial charge on any atom is -0.337 e. The Morgan fingerprint density at radius 1 is 1.38 bits per heavy atom. The summed E-state index contributed by atoms with van der Waals surface area (Å²) in [5.41, 5.74) is 1.12. The van der Waals surface area contributed by atoms with E-state index in [1.54, 1.807) is 24.3 Å². The van der Waals surface area contributed by atoms with Gasteiger partial charge in [-0.15, -0.1) is 0 Å². The summed E-state index contributed by atoms with van der Waals surface area (Å²) < 4.78 is 5.41. The number of benzene rings is 1. The fourth-order valence-electron chi connectivity index (χ4n) is 3.01. The Morgan fingerprint density at radius 2 is 2.17 bits per heavy atom. The lowest BCUT2D eigenvalue weighted by molar-refractivity contribution is 0.0561. The number of aromatic nitrogens is 2. The van der Waals surface area contributed by atoms with E-state index in [4.69, 9.17) is 9.78 Å². The lowest BCUT2D eigenvalue weighted by Crippen LogP contribution is -2.38. The molecule has 0 N–H and O–H groups in total. The highest BCUT2D eigenvalue weighted by Gasteiger charge is 2.32. The summed E-state index contributed by atoms with van der Waals surface area (Å²) in [6, 6.07) is 8.62. The summed E-state index contributed by atoms with van der Waals surface area (Å²) in [6.45, 7) is 2.74. The van der Waals surface area contributed by atoms with Crippen molar-refractivity contribution in [2.24, 2.45) is 0 Å². The van der Waals surface area contributed by atoms with E-state index in [9.17, 15) is 4.79 Å². The molecule has 24 heavy (non-hydrogen) atoms. The number of piperidine rings is 1. The predicted molar refractivity (Wildman–Crippen MR) is 87.1 cm³/mol. The molecule has 1 saturated heterocycles. The molecule has 1 amide bonds. The fraction of sp³-hybridized carbons (Fsp3) is 0.444. The van der Waals surface area contributed by atoms with Crippen LogP contribution in [-0.2, 0) is 6.42 Å². The van der Waals surface area contributed by atoms with E-state index in [0.29, 0.717) is 29.4 Å². The highest BCUT2D eigenvalue weighted by atomic mass is 16.5. The zero-order chi connectivity index (χ0) is 16.9. The van der Waals surface area contributed by atoms with Crippen molar-refractivity contribution in [3.63, 3.8) is 0 Å². The summed E-state index contributed by atoms with van der Waals surface area (Å²) in [6.07, 6.45) is 4.56. The van der Waals surface area contributed by atoms with Crippen molar-refractivity contribution in [1.82, 2.24) is 15.0 Å². The maximum absolute atomic E-state index is 12.9. The first-order valence-corrected chi connectivity index (χ1v) is 8.36. The topological polar surface area (TPSA) is 83.0 Å². The molecular formula is C18H20N4O2. The van der Waals surface area contributed by atoms with Crippen LogP contribution in [0.3, 0.4) is 0 Å². The highest BCUT2D eigenvalue weighted by Crippen LogP contribution is 2.31. The van der Waals surface area contributed by atoms with Crippen molar-refractivity contribution < 1.29 is 9.32 Å². The summed E-state index contributed by atoms with van der Waals surface area (Å²) in [4.78, 5) is 19.1. The average Bonchev–Trinajstić information content (AvgIpc) is 3.10. The van der Waals surface area contributed by atoms with Gasteiger partial charge in [-0.05, 0) is 49.9 Å². The Balaban J connectivity index is 1.82. The summed E-state index contributed by atoms with van der Waals surface area (Å²) >= 11 is 0. The van der Waals surface area contributed by atoms with E-state index in [-0.39, 0.29) is 11.9 Å². The third-order valence-corrected chi connectivity index (χ3v) is 4.27. The first kappa shape index (κ1) is 16.2. The molecule has 1 fully saturated rings. The summed E-state index contributed by atoms with van der Waals surface area (Å²) in [7, 11) is 0. The van der Waals surface area contributed by atoms with E-state index in [1.165, 1.54) is 0 Å². The van der Waals surface area contributed by atoms with Crippen molar-refractivity contribution in [2.45, 2.75) is 45.1 Å². The molecule has 2 aromatic rings. The van der Waals surface area contributed by atoms with Gasteiger partial charge in [0, 0.05) is 18.5 Å². The van der Waals surface area contributed by atoms with Crippen LogP contribution < -0.4 is 0 Å². The molecule has 1 aromatic carbocycles. The van der Waals surface area contributed by atoms with Crippen molar-refractivity contribution >= 4 is 5.91 Å². The van der Waals surface area contributed by atoms with E-state index in [2.05, 4.69) is 23.1 Å². The number of nitriles is 1. The van der Waals surface area contributed by atoms with Gasteiger partial charge in [-0.2, -0.15) is 10.2 Å². The number of nitrogens with zero attached hydrogens (tertiary/aromatic N) is 4. The van der Waals surface area contributed by atoms with Gasteiger partial charge < -0.3 is 9.42 Å². The van der Waals surface area contributed by atoms with E-state index >= 15 is 0 Å². The molecule has 3 rings (SSSR count). The van der Waals surface area contributed by atoms with E-state index in [1.807, 2.05) is 4.90 Å². The van der Waals surface area contributed by atoms with Gasteiger partial charge in [-0.1, -0.05) is 12.1 Å². The first-order chi connectivity index (χ1) is 11.7. The Bertz CT molecular complexity index is 745. The number of aryl methyl sites for hydroxylation is 1. The van der Waals surface area contributed by atoms with E-state index < -0.39 is 0 Å². The van der Waals surface area contributed by atoms with Crippen LogP contribution in [0.1, 0.15) is 66.3 Å². The van der Waals surface area contributed by atoms with Gasteiger partial charge in [-0.3, -0.25) is 4.79 Å². The number of hydrogen-bond acceptors (Lipinski definition) is 5. The Labute approximate surface area is 141 Å². The van der Waals surface area contributed by atoms with Gasteiger partial charge in [0.1, 0.15) is 6.04 Å². The molecule has 0 unspecified atom stereocenters. The number of hydrogen-bond donors (Lipinski definition) is 0. The van der Waals surface area contributed by atoms with Crippen LogP contribution in [0.2, 0.25) is 0 Å². The van der Waals surface area contributed by atoms with Crippen LogP contribution in [0.4, 0.5) is 0 Å². The molecule has 6 heteroatoms. The monoisotopic (exact) mass is 324 g/mol. The zero-order valence-corrected chi connectivity index (χ0v) is 13.7. The quantitative estimate of drug-likeness (QED) is 0.862. The maximum atomic E-state index is 12.9. The number of likely N-dealkylation sites (tertiary alicyclic amines) is 1. The number of carbonyl (C=O) groups is 1. The molecule has 1 aromatic heterocycles. The second-order valence-corrected chi connectivity index (χ2v) is 6.00. The smallest absolute Gasteiger partial charge is 0.254 e. The Hall–Kier alpha value is -2.68. The number of rotatable bonds is 4. The molecule has 2 heterocycles. The van der Waals surface area contributed by atoms with Gasteiger partial charge >= 0.3 is 0 Å². The molecule has 6 nitrogen and oxygen atoms in total. The van der Waals surface area contributed by atoms with Crippen LogP contribution in [-0.4, -0.2) is 27.5 Å². The van der Waals surface area contributed by atoms with Crippen LogP contribution in [0.5, 0.6) is 0 Å². The zero-order valence-electron chi connectivity index (χ0n) is 13.7. The van der Waals surface area contributed by atoms with E-state index in [0.717, 1.165) is 32.1 Å². The van der Waals surface area contributed by atoms with Gasteiger partial charge in [-0.25, -0.2) is 0 Å². The largest absolute Gasteiger partial charge is 0.337 e. The average molecular weight is 324 g/mol. The van der Waals surface area contributed by atoms with Gasteiger partial charge in [0.25, 0.3) is 5.91 Å². The van der Waals surface area contributed by atoms with Crippen LogP contribution in [0.15, 0.2) is 28.8 Å². The molecule has 0 bridgehead atoms. The lowest BCUT2D eigenvalue weighted by Gasteiger charge is -2.33. The second kappa shape index (κ2) is 7.26. The first-order valence-electron chi connectivity index (χ1n) is 8.36. The molecule has 0 radical (unpaired) electrons. The summed E-state index contributed by atoms with van der Waals surface area (Å²) in [5, 5.41) is 12.9. The van der Waals surface area contributed by atoms with Crippen molar-refractivity contribution in [1.29, 1.82) is 5.26 Å². The van der Waals surface area contributed by atoms with Gasteiger partial charge in [0.2, 0.25) is 5.89 Å². The van der Waals surface area contributed by atoms with Gasteiger partial charge in [0.05, 0.1) is 11.6 Å². The Morgan fingerprint density at radius 3 is 2.88 bits per heavy atom. The minimum absolute atomic E-state index is 0.0561. The maximum Gasteiger partial charge on any atom is 0.254 e. The van der Waals surface area contributed by atoms with Gasteiger partial charge in [0.15, 0.2) is 5.82 Å². The summed E-state index contributed by atoms with van der Waals surface area (Å²) in [5.74, 6) is 1.17. The molecule has 0 saturated carbocycles. The van der Waals surface area contributed by atoms with Crippen LogP contribution in [0.25, 0.3) is 0 Å². The third kappa shape index (κ3) is 3.30. The van der Waals surface area contributed by atoms with Crippen LogP contribution >= 0.6 is 0 Å². The molecule has 1 atom stereocenters. The Kier molecular flexibility index (Phi) is 4.90. The second-order valence-electron chi connectivity index (χ2n) is 6.00. The SMILES string of the molecule is CCCc1noc([C@@H]2CCCCN2C(=O)c2ccc(C#N)cc2)n1. The minimum atomic E-state index is -0.167. The predicted octanol–water partition coefficient (Wildman–Crippen LogP) is 3.26. The normalized spacial score (nSPS) is 17.5. The molecule has 124 valence electrons. The molecule has 1 aliphatic heterocycles. The number of amides is 1. The van der Waals surface area contributed by atoms with Crippen molar-refractivity contribution in [3.05, 3.63) is 47.1 Å². The number of carbonyl (C=O) groups excluding carboxylic acids is 1. The molecular weight excluding hydrogens is 304 g/mol. The molecule has 0 aliphatic carbocycles.